The van der Waals surface area contributed by atoms with Crippen LogP contribution in [0.25, 0.3) is 0 Å². The molecule has 1 rings (SSSR count). The first-order valence-corrected chi connectivity index (χ1v) is 6.77. The number of carbonyl (C=O) groups is 2. The van der Waals surface area contributed by atoms with E-state index in [9.17, 15) is 28.1 Å². The maximum absolute atomic E-state index is 12.1. The van der Waals surface area contributed by atoms with Gasteiger partial charge in [-0.05, 0) is 12.1 Å². The SMILES string of the molecule is O=C(O)CN(CC(=O)O)S(=O)(=O)c1ccc([N+](=O)[O-])cc1. The van der Waals surface area contributed by atoms with Crippen molar-refractivity contribution in [2.75, 3.05) is 13.1 Å². The predicted molar refractivity (Wildman–Crippen MR) is 67.1 cm³/mol. The lowest BCUT2D eigenvalue weighted by atomic mass is 10.3. The van der Waals surface area contributed by atoms with Crippen LogP contribution in [0.15, 0.2) is 29.2 Å². The van der Waals surface area contributed by atoms with Crippen molar-refractivity contribution in [2.24, 2.45) is 0 Å². The smallest absolute Gasteiger partial charge is 0.318 e. The Morgan fingerprint density at radius 2 is 1.52 bits per heavy atom. The Hall–Kier alpha value is -2.53. The zero-order valence-electron chi connectivity index (χ0n) is 10.4. The minimum absolute atomic E-state index is 0.249. The second kappa shape index (κ2) is 6.28. The Kier molecular flexibility index (Phi) is 4.94. The van der Waals surface area contributed by atoms with Gasteiger partial charge in [-0.25, -0.2) is 8.42 Å². The molecule has 10 nitrogen and oxygen atoms in total. The van der Waals surface area contributed by atoms with Crippen molar-refractivity contribution < 1.29 is 33.1 Å². The molecule has 0 atom stereocenters. The number of carboxylic acid groups (broad SMARTS) is 2. The first kappa shape index (κ1) is 16.5. The third-order valence-corrected chi connectivity index (χ3v) is 4.11. The zero-order valence-corrected chi connectivity index (χ0v) is 11.2. The number of carboxylic acids is 2. The summed E-state index contributed by atoms with van der Waals surface area (Å²) in [4.78, 5) is 30.6. The molecule has 0 aliphatic rings. The van der Waals surface area contributed by atoms with Crippen LogP contribution in [0.4, 0.5) is 5.69 Å². The molecule has 0 aromatic heterocycles. The predicted octanol–water partition coefficient (Wildman–Crippen LogP) is -0.245. The third kappa shape index (κ3) is 4.22. The summed E-state index contributed by atoms with van der Waals surface area (Å²) in [5.41, 5.74) is -0.350. The summed E-state index contributed by atoms with van der Waals surface area (Å²) in [7, 11) is -4.38. The van der Waals surface area contributed by atoms with E-state index in [4.69, 9.17) is 10.2 Å². The molecule has 0 fully saturated rings. The molecule has 11 heteroatoms. The quantitative estimate of drug-likeness (QED) is 0.515. The monoisotopic (exact) mass is 318 g/mol. The van der Waals surface area contributed by atoms with E-state index < -0.39 is 44.9 Å². The van der Waals surface area contributed by atoms with Gasteiger partial charge in [0.25, 0.3) is 5.69 Å². The fourth-order valence-electron chi connectivity index (χ4n) is 1.42. The Balaban J connectivity index is 3.17. The summed E-state index contributed by atoms with van der Waals surface area (Å²) < 4.78 is 24.5. The number of nitrogens with zero attached hydrogens (tertiary/aromatic N) is 2. The van der Waals surface area contributed by atoms with Gasteiger partial charge in [0, 0.05) is 12.1 Å². The number of non-ortho nitro benzene ring substituents is 1. The lowest BCUT2D eigenvalue weighted by Gasteiger charge is -2.18. The minimum atomic E-state index is -4.38. The normalized spacial score (nSPS) is 11.3. The average molecular weight is 318 g/mol. The topological polar surface area (TPSA) is 155 Å². The summed E-state index contributed by atoms with van der Waals surface area (Å²) in [5.74, 6) is -3.05. The van der Waals surface area contributed by atoms with E-state index in [0.717, 1.165) is 24.3 Å². The van der Waals surface area contributed by atoms with Gasteiger partial charge < -0.3 is 10.2 Å². The number of hydrogen-bond acceptors (Lipinski definition) is 6. The Morgan fingerprint density at radius 3 is 1.86 bits per heavy atom. The molecule has 0 unspecified atom stereocenters. The van der Waals surface area contributed by atoms with E-state index in [1.54, 1.807) is 0 Å². The van der Waals surface area contributed by atoms with Crippen molar-refractivity contribution in [1.29, 1.82) is 0 Å². The number of sulfonamides is 1. The van der Waals surface area contributed by atoms with E-state index in [1.165, 1.54) is 0 Å². The van der Waals surface area contributed by atoms with Gasteiger partial charge in [0.1, 0.15) is 13.1 Å². The number of aliphatic carboxylic acids is 2. The summed E-state index contributed by atoms with van der Waals surface area (Å²) in [6, 6.07) is 3.66. The number of rotatable bonds is 7. The zero-order chi connectivity index (χ0) is 16.2. The molecule has 0 aliphatic heterocycles. The number of benzene rings is 1. The van der Waals surface area contributed by atoms with Gasteiger partial charge in [-0.3, -0.25) is 19.7 Å². The van der Waals surface area contributed by atoms with Crippen molar-refractivity contribution in [2.45, 2.75) is 4.90 Å². The summed E-state index contributed by atoms with van der Waals surface area (Å²) in [6.45, 7) is -2.07. The highest BCUT2D eigenvalue weighted by atomic mass is 32.2. The molecule has 0 saturated carbocycles. The maximum Gasteiger partial charge on any atom is 0.318 e. The van der Waals surface area contributed by atoms with Crippen LogP contribution in [0.3, 0.4) is 0 Å². The van der Waals surface area contributed by atoms with Crippen molar-refractivity contribution in [3.8, 4) is 0 Å². The molecule has 21 heavy (non-hydrogen) atoms. The molecule has 2 N–H and O–H groups in total. The average Bonchev–Trinajstić information content (AvgIpc) is 2.37. The fourth-order valence-corrected chi connectivity index (χ4v) is 2.76. The standard InChI is InChI=1S/C10H10N2O8S/c13-9(14)5-11(6-10(15)16)21(19,20)8-3-1-7(2-4-8)12(17)18/h1-4H,5-6H2,(H,13,14)(H,15,16). The first-order valence-electron chi connectivity index (χ1n) is 5.33. The summed E-state index contributed by atoms with van der Waals surface area (Å²) in [6.07, 6.45) is 0. The Labute approximate surface area is 118 Å². The second-order valence-corrected chi connectivity index (χ2v) is 5.75. The summed E-state index contributed by atoms with van der Waals surface area (Å²) in [5, 5.41) is 27.7. The Morgan fingerprint density at radius 1 is 1.10 bits per heavy atom. The van der Waals surface area contributed by atoms with E-state index in [0.29, 0.717) is 0 Å². The van der Waals surface area contributed by atoms with Crippen LogP contribution in [0.5, 0.6) is 0 Å². The van der Waals surface area contributed by atoms with Crippen LogP contribution in [-0.2, 0) is 19.6 Å². The molecule has 0 amide bonds. The van der Waals surface area contributed by atoms with Gasteiger partial charge in [-0.15, -0.1) is 0 Å². The molecule has 1 aromatic carbocycles. The molecule has 0 spiro atoms. The second-order valence-electron chi connectivity index (χ2n) is 3.81. The molecule has 1 aromatic rings. The van der Waals surface area contributed by atoms with E-state index in [-0.39, 0.29) is 9.99 Å². The molecule has 0 heterocycles. The highest BCUT2D eigenvalue weighted by Crippen LogP contribution is 2.19. The molecular formula is C10H10N2O8S. The van der Waals surface area contributed by atoms with E-state index in [1.807, 2.05) is 0 Å². The van der Waals surface area contributed by atoms with Crippen LogP contribution in [0, 0.1) is 10.1 Å². The highest BCUT2D eigenvalue weighted by molar-refractivity contribution is 7.89. The number of nitro benzene ring substituents is 1. The van der Waals surface area contributed by atoms with Crippen molar-refractivity contribution in [3.63, 3.8) is 0 Å². The van der Waals surface area contributed by atoms with Gasteiger partial charge in [0.15, 0.2) is 0 Å². The van der Waals surface area contributed by atoms with Crippen molar-refractivity contribution in [3.05, 3.63) is 34.4 Å². The fraction of sp³-hybridized carbons (Fsp3) is 0.200. The largest absolute Gasteiger partial charge is 0.480 e. The van der Waals surface area contributed by atoms with Gasteiger partial charge in [0.05, 0.1) is 9.82 Å². The number of nitro groups is 1. The molecule has 0 bridgehead atoms. The number of hydrogen-bond donors (Lipinski definition) is 2. The van der Waals surface area contributed by atoms with Crippen molar-refractivity contribution in [1.82, 2.24) is 4.31 Å². The van der Waals surface area contributed by atoms with Crippen LogP contribution in [-0.4, -0.2) is 52.9 Å². The Bertz CT molecular complexity index is 651. The maximum atomic E-state index is 12.1. The van der Waals surface area contributed by atoms with Crippen LogP contribution < -0.4 is 0 Å². The van der Waals surface area contributed by atoms with E-state index in [2.05, 4.69) is 0 Å². The molecular weight excluding hydrogens is 308 g/mol. The third-order valence-electron chi connectivity index (χ3n) is 2.31. The van der Waals surface area contributed by atoms with Gasteiger partial charge in [0.2, 0.25) is 10.0 Å². The lowest BCUT2D eigenvalue weighted by Crippen LogP contribution is -2.39. The van der Waals surface area contributed by atoms with Crippen LogP contribution in [0.1, 0.15) is 0 Å². The molecule has 0 radical (unpaired) electrons. The van der Waals surface area contributed by atoms with Crippen molar-refractivity contribution >= 4 is 27.6 Å². The van der Waals surface area contributed by atoms with Crippen LogP contribution >= 0.6 is 0 Å². The van der Waals surface area contributed by atoms with Gasteiger partial charge >= 0.3 is 11.9 Å². The lowest BCUT2D eigenvalue weighted by molar-refractivity contribution is -0.384. The highest BCUT2D eigenvalue weighted by Gasteiger charge is 2.28. The van der Waals surface area contributed by atoms with Crippen LogP contribution in [0.2, 0.25) is 0 Å². The van der Waals surface area contributed by atoms with Gasteiger partial charge in [-0.1, -0.05) is 0 Å². The van der Waals surface area contributed by atoms with E-state index >= 15 is 0 Å². The first-order chi connectivity index (χ1) is 9.64. The van der Waals surface area contributed by atoms with Gasteiger partial charge in [-0.2, -0.15) is 4.31 Å². The molecule has 114 valence electrons. The minimum Gasteiger partial charge on any atom is -0.480 e. The molecule has 0 aliphatic carbocycles. The molecule has 0 saturated heterocycles. The summed E-state index contributed by atoms with van der Waals surface area (Å²) >= 11 is 0.